The summed E-state index contributed by atoms with van der Waals surface area (Å²) >= 11 is 1.07. The topological polar surface area (TPSA) is 57.1 Å². The number of H-pyrrole nitrogens is 1. The maximum Gasteiger partial charge on any atom is 0.445 e. The maximum atomic E-state index is 11.7. The van der Waals surface area contributed by atoms with E-state index in [2.05, 4.69) is 4.98 Å². The Hall–Kier alpha value is -1.66. The molecule has 0 atom stereocenters. The predicted octanol–water partition coefficient (Wildman–Crippen LogP) is -2.37. The number of anilines is 2. The number of hydrogen-bond acceptors (Lipinski definition) is 4. The van der Waals surface area contributed by atoms with Gasteiger partial charge in [-0.1, -0.05) is 18.2 Å². The van der Waals surface area contributed by atoms with Crippen LogP contribution in [-0.2, 0) is 6.54 Å². The van der Waals surface area contributed by atoms with Crippen LogP contribution in [0.25, 0.3) is 0 Å². The third-order valence-corrected chi connectivity index (χ3v) is 3.84. The summed E-state index contributed by atoms with van der Waals surface area (Å²) in [5.74, 6) is 0. The van der Waals surface area contributed by atoms with Crippen molar-refractivity contribution in [1.82, 2.24) is 4.98 Å². The molecule has 0 spiro atoms. The van der Waals surface area contributed by atoms with Crippen LogP contribution >= 0.6 is 11.3 Å². The van der Waals surface area contributed by atoms with Crippen LogP contribution in [0.1, 0.15) is 6.42 Å². The number of nitrogens with one attached hydrogen (secondary N) is 1. The lowest BCUT2D eigenvalue weighted by molar-refractivity contribution is -0.702. The average molecular weight is 298 g/mol. The van der Waals surface area contributed by atoms with Crippen LogP contribution < -0.4 is 32.4 Å². The number of nitrogens with zero attached hydrogens (tertiary/aromatic N) is 2. The van der Waals surface area contributed by atoms with E-state index in [4.69, 9.17) is 0 Å². The molecule has 1 aromatic carbocycles. The number of para-hydroxylation sites is 1. The largest absolute Gasteiger partial charge is 1.00 e. The third kappa shape index (κ3) is 2.54. The van der Waals surface area contributed by atoms with Gasteiger partial charge in [0.25, 0.3) is 5.13 Å². The highest BCUT2D eigenvalue weighted by Crippen LogP contribution is 2.25. The number of hydrogen-bond donors (Lipinski definition) is 1. The quantitative estimate of drug-likeness (QED) is 0.599. The van der Waals surface area contributed by atoms with Gasteiger partial charge >= 0.3 is 10.6 Å². The molecule has 0 amide bonds. The number of fused-ring (bicyclic) bond motifs is 1. The van der Waals surface area contributed by atoms with Crippen molar-refractivity contribution in [1.29, 1.82) is 0 Å². The lowest BCUT2D eigenvalue weighted by Crippen LogP contribution is -3.00. The van der Waals surface area contributed by atoms with Crippen molar-refractivity contribution in [3.63, 3.8) is 0 Å². The molecule has 1 aliphatic heterocycles. The van der Waals surface area contributed by atoms with Crippen molar-refractivity contribution >= 4 is 22.2 Å². The van der Waals surface area contributed by atoms with Gasteiger partial charge in [-0.15, -0.1) is 0 Å². The van der Waals surface area contributed by atoms with Gasteiger partial charge in [-0.05, 0) is 12.1 Å². The minimum absolute atomic E-state index is 0. The number of aromatic nitrogens is 2. The molecule has 1 aromatic heterocycles. The van der Waals surface area contributed by atoms with E-state index in [0.29, 0.717) is 11.7 Å². The molecular weight excluding hydrogens is 286 g/mol. The highest BCUT2D eigenvalue weighted by molar-refractivity contribution is 7.12. The summed E-state index contributed by atoms with van der Waals surface area (Å²) in [6, 6.07) is 9.80. The fourth-order valence-electron chi connectivity index (χ4n) is 2.13. The van der Waals surface area contributed by atoms with Crippen molar-refractivity contribution < 1.29 is 17.0 Å². The van der Waals surface area contributed by atoms with Crippen LogP contribution in [0.5, 0.6) is 0 Å². The lowest BCUT2D eigenvalue weighted by atomic mass is 10.2. The predicted molar refractivity (Wildman–Crippen MR) is 69.5 cm³/mol. The molecular formula is C12H12ClN3O2S. The molecule has 0 aliphatic carbocycles. The Balaban J connectivity index is 0.00000133. The molecule has 5 nitrogen and oxygen atoms in total. The second-order valence-electron chi connectivity index (χ2n) is 4.09. The first-order chi connectivity index (χ1) is 8.75. The van der Waals surface area contributed by atoms with E-state index in [1.54, 1.807) is 4.57 Å². The summed E-state index contributed by atoms with van der Waals surface area (Å²) < 4.78 is 1.63. The van der Waals surface area contributed by atoms with Crippen LogP contribution in [0.4, 0.5) is 10.8 Å². The first-order valence-electron chi connectivity index (χ1n) is 5.75. The summed E-state index contributed by atoms with van der Waals surface area (Å²) in [6.45, 7) is 1.48. The molecule has 3 rings (SSSR count). The van der Waals surface area contributed by atoms with Gasteiger partial charge in [-0.25, -0.2) is 9.59 Å². The van der Waals surface area contributed by atoms with E-state index < -0.39 is 0 Å². The van der Waals surface area contributed by atoms with Gasteiger partial charge in [0.2, 0.25) is 0 Å². The molecule has 0 saturated heterocycles. The summed E-state index contributed by atoms with van der Waals surface area (Å²) in [6.07, 6.45) is 0.889. The van der Waals surface area contributed by atoms with Gasteiger partial charge in [-0.3, -0.25) is 4.90 Å². The number of benzene rings is 1. The van der Waals surface area contributed by atoms with Gasteiger partial charge in [0.1, 0.15) is 0 Å². The van der Waals surface area contributed by atoms with Crippen molar-refractivity contribution in [3.05, 3.63) is 50.5 Å². The molecule has 7 heteroatoms. The van der Waals surface area contributed by atoms with Crippen LogP contribution in [0.15, 0.2) is 39.9 Å². The van der Waals surface area contributed by atoms with Gasteiger partial charge in [0, 0.05) is 17.8 Å². The van der Waals surface area contributed by atoms with Gasteiger partial charge < -0.3 is 12.4 Å². The highest BCUT2D eigenvalue weighted by atomic mass is 35.5. The molecule has 0 unspecified atom stereocenters. The second-order valence-corrected chi connectivity index (χ2v) is 5.03. The maximum absolute atomic E-state index is 11.7. The fraction of sp³-hybridized carbons (Fsp3) is 0.250. The Morgan fingerprint density at radius 3 is 2.68 bits per heavy atom. The van der Waals surface area contributed by atoms with Gasteiger partial charge in [-0.2, -0.15) is 9.55 Å². The van der Waals surface area contributed by atoms with E-state index in [9.17, 15) is 9.59 Å². The number of rotatable bonds is 1. The van der Waals surface area contributed by atoms with Crippen molar-refractivity contribution in [2.45, 2.75) is 13.0 Å². The third-order valence-electron chi connectivity index (χ3n) is 2.93. The number of aromatic amines is 1. The summed E-state index contributed by atoms with van der Waals surface area (Å²) in [5.41, 5.74) is 0.682. The van der Waals surface area contributed by atoms with E-state index in [0.717, 1.165) is 30.0 Å². The molecule has 1 N–H and O–H groups in total. The fourth-order valence-corrected chi connectivity index (χ4v) is 3.03. The van der Waals surface area contributed by atoms with Crippen molar-refractivity contribution in [2.75, 3.05) is 11.4 Å². The smallest absolute Gasteiger partial charge is 0.445 e. The molecule has 2 aromatic rings. The second kappa shape index (κ2) is 5.54. The minimum Gasteiger partial charge on any atom is -1.00 e. The van der Waals surface area contributed by atoms with Crippen molar-refractivity contribution in [3.8, 4) is 0 Å². The molecule has 1 aliphatic rings. The molecule has 100 valence electrons. The first kappa shape index (κ1) is 13.8. The summed E-state index contributed by atoms with van der Waals surface area (Å²) in [7, 11) is 0. The van der Waals surface area contributed by atoms with E-state index in [-0.39, 0.29) is 23.0 Å². The Kier molecular flexibility index (Phi) is 4.01. The summed E-state index contributed by atoms with van der Waals surface area (Å²) in [5, 5.41) is 0.709. The zero-order chi connectivity index (χ0) is 12.5. The Morgan fingerprint density at radius 1 is 1.21 bits per heavy atom. The van der Waals surface area contributed by atoms with Crippen LogP contribution in [0.2, 0.25) is 0 Å². The molecule has 0 radical (unpaired) electrons. The van der Waals surface area contributed by atoms with Gasteiger partial charge in [0.15, 0.2) is 0 Å². The van der Waals surface area contributed by atoms with E-state index in [1.165, 1.54) is 0 Å². The zero-order valence-electron chi connectivity index (χ0n) is 10.0. The average Bonchev–Trinajstić information content (AvgIpc) is 2.39. The molecule has 2 heterocycles. The number of halogens is 1. The SMILES string of the molecule is O=c1[nH]c(=O)[n+]2c(s1)N(c1ccccc1)CCC2.[Cl-]. The Labute approximate surface area is 119 Å². The van der Waals surface area contributed by atoms with Crippen LogP contribution in [0, 0.1) is 0 Å². The highest BCUT2D eigenvalue weighted by Gasteiger charge is 2.27. The normalized spacial score (nSPS) is 13.6. The van der Waals surface area contributed by atoms with E-state index >= 15 is 0 Å². The molecule has 19 heavy (non-hydrogen) atoms. The monoisotopic (exact) mass is 297 g/mol. The van der Waals surface area contributed by atoms with E-state index in [1.807, 2.05) is 35.2 Å². The van der Waals surface area contributed by atoms with Crippen LogP contribution in [0.3, 0.4) is 0 Å². The van der Waals surface area contributed by atoms with Crippen molar-refractivity contribution in [2.24, 2.45) is 0 Å². The summed E-state index contributed by atoms with van der Waals surface area (Å²) in [4.78, 5) is 27.2. The zero-order valence-corrected chi connectivity index (χ0v) is 11.6. The molecule has 0 fully saturated rings. The lowest BCUT2D eigenvalue weighted by Gasteiger charge is -2.23. The Bertz CT molecular complexity index is 683. The standard InChI is InChI=1S/C12H11N3O2S.ClH/c16-10-13-11(17)18-12-14(7-4-8-15(10)12)9-5-2-1-3-6-9;/h1-3,5-6H,4,7-8H2;1H. The Morgan fingerprint density at radius 2 is 1.95 bits per heavy atom. The van der Waals surface area contributed by atoms with Gasteiger partial charge in [0.05, 0.1) is 18.8 Å². The molecule has 0 saturated carbocycles. The first-order valence-corrected chi connectivity index (χ1v) is 6.57. The van der Waals surface area contributed by atoms with Crippen LogP contribution in [-0.4, -0.2) is 11.5 Å². The minimum atomic E-state index is -0.325. The molecule has 0 bridgehead atoms.